The van der Waals surface area contributed by atoms with Gasteiger partial charge in [0, 0.05) is 13.1 Å². The Labute approximate surface area is 85.2 Å². The van der Waals surface area contributed by atoms with Gasteiger partial charge in [-0.05, 0) is 20.8 Å². The summed E-state index contributed by atoms with van der Waals surface area (Å²) in [6, 6.07) is -0.172. The highest BCUT2D eigenvalue weighted by atomic mass is 16.5. The molecule has 0 aromatic rings. The van der Waals surface area contributed by atoms with Crippen molar-refractivity contribution < 1.29 is 14.3 Å². The normalized spacial score (nSPS) is 31.1. The molecule has 14 heavy (non-hydrogen) atoms. The average molecular weight is 201 g/mol. The third kappa shape index (κ3) is 2.69. The summed E-state index contributed by atoms with van der Waals surface area (Å²) in [7, 11) is 1.42. The van der Waals surface area contributed by atoms with E-state index in [1.54, 1.807) is 0 Å². The first-order valence-corrected chi connectivity index (χ1v) is 5.02. The molecule has 4 heteroatoms. The van der Waals surface area contributed by atoms with Crippen LogP contribution in [0.3, 0.4) is 0 Å². The van der Waals surface area contributed by atoms with Crippen molar-refractivity contribution in [2.75, 3.05) is 20.2 Å². The lowest BCUT2D eigenvalue weighted by molar-refractivity contribution is -0.151. The van der Waals surface area contributed by atoms with Gasteiger partial charge in [0.2, 0.25) is 0 Å². The lowest BCUT2D eigenvalue weighted by Crippen LogP contribution is -2.51. The number of hydrogen-bond donors (Lipinski definition) is 0. The summed E-state index contributed by atoms with van der Waals surface area (Å²) in [6.45, 7) is 7.50. The molecule has 1 aliphatic heterocycles. The van der Waals surface area contributed by atoms with Gasteiger partial charge in [0.05, 0.1) is 19.3 Å². The van der Waals surface area contributed by atoms with Gasteiger partial charge in [-0.1, -0.05) is 0 Å². The number of carbonyl (C=O) groups is 1. The molecule has 1 fully saturated rings. The number of hydrogen-bond acceptors (Lipinski definition) is 4. The van der Waals surface area contributed by atoms with Gasteiger partial charge >= 0.3 is 5.97 Å². The summed E-state index contributed by atoms with van der Waals surface area (Å²) in [6.07, 6.45) is 0.372. The van der Waals surface area contributed by atoms with Crippen LogP contribution in [0, 0.1) is 0 Å². The first-order chi connectivity index (χ1) is 6.54. The zero-order chi connectivity index (χ0) is 10.7. The molecule has 1 saturated heterocycles. The Balaban J connectivity index is 2.54. The largest absolute Gasteiger partial charge is 0.468 e. The number of carbonyl (C=O) groups excluding carboxylic acids is 1. The van der Waals surface area contributed by atoms with Gasteiger partial charge in [-0.2, -0.15) is 0 Å². The van der Waals surface area contributed by atoms with Crippen molar-refractivity contribution in [3.05, 3.63) is 0 Å². The monoisotopic (exact) mass is 201 g/mol. The lowest BCUT2D eigenvalue weighted by atomic mass is 10.2. The maximum atomic E-state index is 11.3. The molecular weight excluding hydrogens is 182 g/mol. The zero-order valence-electron chi connectivity index (χ0n) is 9.32. The van der Waals surface area contributed by atoms with Gasteiger partial charge < -0.3 is 9.47 Å². The Kier molecular flexibility index (Phi) is 3.89. The van der Waals surface area contributed by atoms with E-state index in [0.717, 1.165) is 13.1 Å². The van der Waals surface area contributed by atoms with Crippen molar-refractivity contribution in [1.82, 2.24) is 4.90 Å². The highest BCUT2D eigenvalue weighted by Crippen LogP contribution is 2.13. The second-order valence-electron chi connectivity index (χ2n) is 3.91. The van der Waals surface area contributed by atoms with Crippen molar-refractivity contribution >= 4 is 5.97 Å². The number of rotatable bonds is 2. The van der Waals surface area contributed by atoms with Crippen LogP contribution in [0.2, 0.25) is 0 Å². The first-order valence-electron chi connectivity index (χ1n) is 5.02. The molecule has 1 rings (SSSR count). The van der Waals surface area contributed by atoms with Gasteiger partial charge in [0.1, 0.15) is 6.04 Å². The molecule has 0 radical (unpaired) electrons. The molecule has 0 aliphatic carbocycles. The second-order valence-corrected chi connectivity index (χ2v) is 3.91. The highest BCUT2D eigenvalue weighted by molar-refractivity contribution is 5.75. The van der Waals surface area contributed by atoms with Crippen LogP contribution in [-0.2, 0) is 14.3 Å². The van der Waals surface area contributed by atoms with Crippen molar-refractivity contribution in [3.8, 4) is 0 Å². The summed E-state index contributed by atoms with van der Waals surface area (Å²) in [4.78, 5) is 13.4. The maximum absolute atomic E-state index is 11.3. The fraction of sp³-hybridized carbons (Fsp3) is 0.900. The van der Waals surface area contributed by atoms with E-state index in [2.05, 4.69) is 4.90 Å². The van der Waals surface area contributed by atoms with Crippen LogP contribution < -0.4 is 0 Å². The summed E-state index contributed by atoms with van der Waals surface area (Å²) >= 11 is 0. The van der Waals surface area contributed by atoms with Crippen LogP contribution in [-0.4, -0.2) is 49.3 Å². The van der Waals surface area contributed by atoms with Crippen molar-refractivity contribution in [3.63, 3.8) is 0 Å². The molecule has 0 N–H and O–H groups in total. The van der Waals surface area contributed by atoms with Gasteiger partial charge in [0.25, 0.3) is 0 Å². The third-order valence-corrected chi connectivity index (χ3v) is 2.54. The smallest absolute Gasteiger partial charge is 0.322 e. The minimum atomic E-state index is -0.175. The highest BCUT2D eigenvalue weighted by Gasteiger charge is 2.29. The van der Waals surface area contributed by atoms with E-state index >= 15 is 0 Å². The molecule has 1 unspecified atom stereocenters. The number of methoxy groups -OCH3 is 1. The molecule has 0 saturated carbocycles. The molecule has 4 nitrogen and oxygen atoms in total. The van der Waals surface area contributed by atoms with Crippen molar-refractivity contribution in [2.24, 2.45) is 0 Å². The Hall–Kier alpha value is -0.610. The summed E-state index contributed by atoms with van der Waals surface area (Å²) in [5.41, 5.74) is 0. The summed E-state index contributed by atoms with van der Waals surface area (Å²) in [5.74, 6) is -0.175. The van der Waals surface area contributed by atoms with Gasteiger partial charge in [-0.15, -0.1) is 0 Å². The van der Waals surface area contributed by atoms with Crippen LogP contribution in [0.15, 0.2) is 0 Å². The van der Waals surface area contributed by atoms with E-state index < -0.39 is 0 Å². The Morgan fingerprint density at radius 3 is 2.36 bits per heavy atom. The van der Waals surface area contributed by atoms with Crippen LogP contribution in [0.4, 0.5) is 0 Å². The van der Waals surface area contributed by atoms with E-state index in [1.165, 1.54) is 7.11 Å². The quantitative estimate of drug-likeness (QED) is 0.615. The Bertz CT molecular complexity index is 198. The Morgan fingerprint density at radius 1 is 1.43 bits per heavy atom. The SMILES string of the molecule is COC(=O)C(C)N1C[C@@H](C)O[C@@H](C)C1. The average Bonchev–Trinajstić information content (AvgIpc) is 2.14. The van der Waals surface area contributed by atoms with Crippen molar-refractivity contribution in [1.29, 1.82) is 0 Å². The van der Waals surface area contributed by atoms with Gasteiger partial charge in [-0.25, -0.2) is 0 Å². The van der Waals surface area contributed by atoms with E-state index in [9.17, 15) is 4.79 Å². The predicted octanol–water partition coefficient (Wildman–Crippen LogP) is 0.657. The van der Waals surface area contributed by atoms with Crippen LogP contribution in [0.1, 0.15) is 20.8 Å². The van der Waals surface area contributed by atoms with E-state index in [-0.39, 0.29) is 24.2 Å². The zero-order valence-corrected chi connectivity index (χ0v) is 9.32. The molecule has 82 valence electrons. The summed E-state index contributed by atoms with van der Waals surface area (Å²) < 4.78 is 10.3. The predicted molar refractivity (Wildman–Crippen MR) is 53.1 cm³/mol. The number of morpholine rings is 1. The van der Waals surface area contributed by atoms with Crippen LogP contribution >= 0.6 is 0 Å². The standard InChI is InChI=1S/C10H19NO3/c1-7-5-11(6-8(2)14-7)9(3)10(12)13-4/h7-9H,5-6H2,1-4H3/t7-,8+,9?. The molecule has 0 aromatic carbocycles. The second kappa shape index (κ2) is 4.75. The fourth-order valence-corrected chi connectivity index (χ4v) is 1.85. The fourth-order valence-electron chi connectivity index (χ4n) is 1.85. The summed E-state index contributed by atoms with van der Waals surface area (Å²) in [5, 5.41) is 0. The molecule has 1 heterocycles. The molecule has 0 bridgehead atoms. The topological polar surface area (TPSA) is 38.8 Å². The minimum absolute atomic E-state index is 0.172. The molecule has 0 amide bonds. The number of ether oxygens (including phenoxy) is 2. The van der Waals surface area contributed by atoms with Crippen LogP contribution in [0.25, 0.3) is 0 Å². The molecule has 3 atom stereocenters. The van der Waals surface area contributed by atoms with Gasteiger partial charge in [0.15, 0.2) is 0 Å². The maximum Gasteiger partial charge on any atom is 0.322 e. The Morgan fingerprint density at radius 2 is 1.93 bits per heavy atom. The van der Waals surface area contributed by atoms with Crippen LogP contribution in [0.5, 0.6) is 0 Å². The van der Waals surface area contributed by atoms with E-state index in [0.29, 0.717) is 0 Å². The lowest BCUT2D eigenvalue weighted by Gasteiger charge is -2.37. The number of esters is 1. The number of nitrogens with zero attached hydrogens (tertiary/aromatic N) is 1. The third-order valence-electron chi connectivity index (χ3n) is 2.54. The molecule has 0 aromatic heterocycles. The first kappa shape index (κ1) is 11.5. The van der Waals surface area contributed by atoms with Crippen molar-refractivity contribution in [2.45, 2.75) is 39.0 Å². The van der Waals surface area contributed by atoms with E-state index in [1.807, 2.05) is 20.8 Å². The molecular formula is C10H19NO3. The molecule has 0 spiro atoms. The van der Waals surface area contributed by atoms with Gasteiger partial charge in [-0.3, -0.25) is 9.69 Å². The molecule has 1 aliphatic rings. The van der Waals surface area contributed by atoms with E-state index in [4.69, 9.17) is 9.47 Å². The minimum Gasteiger partial charge on any atom is -0.468 e.